The highest BCUT2D eigenvalue weighted by molar-refractivity contribution is 7.98. The molecule has 0 saturated heterocycles. The molecule has 3 aromatic rings. The molecule has 4 rings (SSSR count). The minimum atomic E-state index is -0.121. The van der Waals surface area contributed by atoms with E-state index in [1.54, 1.807) is 24.7 Å². The third-order valence-electron chi connectivity index (χ3n) is 3.32. The van der Waals surface area contributed by atoms with E-state index in [2.05, 4.69) is 20.1 Å². The largest absolute Gasteiger partial charge is 0.472 e. The summed E-state index contributed by atoms with van der Waals surface area (Å²) in [4.78, 5) is 23.1. The minimum Gasteiger partial charge on any atom is -0.472 e. The number of hydrogen-bond donors (Lipinski definition) is 1. The van der Waals surface area contributed by atoms with E-state index in [4.69, 9.17) is 8.94 Å². The van der Waals surface area contributed by atoms with Crippen molar-refractivity contribution in [2.75, 3.05) is 0 Å². The predicted molar refractivity (Wildman–Crippen MR) is 78.4 cm³/mol. The summed E-state index contributed by atoms with van der Waals surface area (Å²) in [5.74, 6) is 1.85. The smallest absolute Gasteiger partial charge is 0.251 e. The second-order valence-corrected chi connectivity index (χ2v) is 6.03. The van der Waals surface area contributed by atoms with Crippen LogP contribution in [0.1, 0.15) is 30.3 Å². The van der Waals surface area contributed by atoms with Gasteiger partial charge in [-0.15, -0.1) is 0 Å². The fourth-order valence-electron chi connectivity index (χ4n) is 2.06. The number of furan rings is 1. The van der Waals surface area contributed by atoms with Gasteiger partial charge in [-0.2, -0.15) is 4.98 Å². The fourth-order valence-corrected chi connectivity index (χ4v) is 2.78. The van der Waals surface area contributed by atoms with Crippen LogP contribution in [-0.2, 0) is 5.75 Å². The molecule has 1 fully saturated rings. The lowest BCUT2D eigenvalue weighted by molar-refractivity contribution is 0.391. The zero-order valence-corrected chi connectivity index (χ0v) is 12.3. The maximum Gasteiger partial charge on any atom is 0.251 e. The molecule has 3 aromatic heterocycles. The number of hydrogen-bond acceptors (Lipinski definition) is 7. The Kier molecular flexibility index (Phi) is 3.30. The highest BCUT2D eigenvalue weighted by atomic mass is 32.2. The van der Waals surface area contributed by atoms with E-state index >= 15 is 0 Å². The number of nitrogens with zero attached hydrogens (tertiary/aromatic N) is 3. The molecule has 0 aromatic carbocycles. The molecule has 0 radical (unpaired) electrons. The van der Waals surface area contributed by atoms with Crippen LogP contribution in [0.25, 0.3) is 11.4 Å². The quantitative estimate of drug-likeness (QED) is 0.570. The van der Waals surface area contributed by atoms with Gasteiger partial charge in [-0.05, 0) is 18.9 Å². The zero-order chi connectivity index (χ0) is 14.9. The van der Waals surface area contributed by atoms with Crippen molar-refractivity contribution in [3.63, 3.8) is 0 Å². The van der Waals surface area contributed by atoms with Crippen LogP contribution in [0.15, 0.2) is 43.6 Å². The molecule has 3 heterocycles. The topological polar surface area (TPSA) is 97.8 Å². The van der Waals surface area contributed by atoms with Crippen LogP contribution in [-0.4, -0.2) is 20.1 Å². The van der Waals surface area contributed by atoms with Gasteiger partial charge in [-0.25, -0.2) is 4.98 Å². The zero-order valence-electron chi connectivity index (χ0n) is 11.5. The monoisotopic (exact) mass is 316 g/mol. The van der Waals surface area contributed by atoms with Crippen molar-refractivity contribution in [1.82, 2.24) is 20.1 Å². The van der Waals surface area contributed by atoms with Crippen LogP contribution in [0.5, 0.6) is 0 Å². The number of H-pyrrole nitrogens is 1. The molecule has 0 spiro atoms. The molecule has 0 unspecified atom stereocenters. The Balaban J connectivity index is 1.47. The number of thioether (sulfide) groups is 1. The number of rotatable bonds is 5. The Morgan fingerprint density at radius 3 is 3.05 bits per heavy atom. The molecule has 0 bridgehead atoms. The number of aromatic nitrogens is 4. The standard InChI is InChI=1S/C14H12N4O3S/c19-11-5-10(8-1-2-8)15-14(16-11)22-7-12-17-13(18-21-12)9-3-4-20-6-9/h3-6,8H,1-2,7H2,(H,15,16,19). The highest BCUT2D eigenvalue weighted by Crippen LogP contribution is 2.38. The lowest BCUT2D eigenvalue weighted by Crippen LogP contribution is -2.09. The van der Waals surface area contributed by atoms with Crippen LogP contribution >= 0.6 is 11.8 Å². The second-order valence-electron chi connectivity index (χ2n) is 5.06. The summed E-state index contributed by atoms with van der Waals surface area (Å²) in [5.41, 5.74) is 1.52. The van der Waals surface area contributed by atoms with Crippen molar-refractivity contribution in [1.29, 1.82) is 0 Å². The minimum absolute atomic E-state index is 0.121. The number of nitrogens with one attached hydrogen (secondary N) is 1. The predicted octanol–water partition coefficient (Wildman–Crippen LogP) is 2.58. The van der Waals surface area contributed by atoms with Gasteiger partial charge in [0, 0.05) is 12.0 Å². The lowest BCUT2D eigenvalue weighted by atomic mass is 10.3. The van der Waals surface area contributed by atoms with E-state index in [1.165, 1.54) is 11.8 Å². The Morgan fingerprint density at radius 1 is 1.36 bits per heavy atom. The van der Waals surface area contributed by atoms with Crippen molar-refractivity contribution >= 4 is 11.8 Å². The van der Waals surface area contributed by atoms with Gasteiger partial charge < -0.3 is 13.9 Å². The van der Waals surface area contributed by atoms with E-state index in [9.17, 15) is 4.79 Å². The van der Waals surface area contributed by atoms with Gasteiger partial charge in [0.25, 0.3) is 5.56 Å². The molecule has 8 heteroatoms. The molecule has 1 aliphatic rings. The van der Waals surface area contributed by atoms with Crippen molar-refractivity contribution in [2.24, 2.45) is 0 Å². The Labute approximate surface area is 129 Å². The fraction of sp³-hybridized carbons (Fsp3) is 0.286. The molecule has 112 valence electrons. The molecule has 1 N–H and O–H groups in total. The summed E-state index contributed by atoms with van der Waals surface area (Å²) in [6.45, 7) is 0. The van der Waals surface area contributed by atoms with Gasteiger partial charge in [-0.1, -0.05) is 16.9 Å². The summed E-state index contributed by atoms with van der Waals surface area (Å²) >= 11 is 1.37. The summed E-state index contributed by atoms with van der Waals surface area (Å²) in [5, 5.41) is 4.47. The first kappa shape index (κ1) is 13.3. The molecule has 1 aliphatic carbocycles. The maximum absolute atomic E-state index is 11.6. The molecule has 0 atom stereocenters. The van der Waals surface area contributed by atoms with Crippen LogP contribution in [0.3, 0.4) is 0 Å². The first-order chi connectivity index (χ1) is 10.8. The van der Waals surface area contributed by atoms with E-state index in [-0.39, 0.29) is 5.56 Å². The third-order valence-corrected chi connectivity index (χ3v) is 4.17. The molecule has 0 amide bonds. The van der Waals surface area contributed by atoms with Gasteiger partial charge in [-0.3, -0.25) is 4.79 Å². The molecule has 1 saturated carbocycles. The van der Waals surface area contributed by atoms with Crippen molar-refractivity contribution in [3.05, 3.63) is 46.6 Å². The maximum atomic E-state index is 11.6. The molecular weight excluding hydrogens is 304 g/mol. The third kappa shape index (κ3) is 2.82. The average molecular weight is 316 g/mol. The van der Waals surface area contributed by atoms with Crippen molar-refractivity contribution in [2.45, 2.75) is 29.7 Å². The van der Waals surface area contributed by atoms with Crippen molar-refractivity contribution in [3.8, 4) is 11.4 Å². The average Bonchev–Trinajstić information content (AvgIpc) is 3.02. The Hall–Kier alpha value is -2.35. The first-order valence-corrected chi connectivity index (χ1v) is 7.86. The van der Waals surface area contributed by atoms with Gasteiger partial charge in [0.1, 0.15) is 6.26 Å². The summed E-state index contributed by atoms with van der Waals surface area (Å²) in [6.07, 6.45) is 5.33. The SMILES string of the molecule is O=c1cc(C2CC2)nc(SCc2nc(-c3ccoc3)no2)[nH]1. The van der Waals surface area contributed by atoms with E-state index in [1.807, 2.05) is 0 Å². The Morgan fingerprint density at radius 2 is 2.27 bits per heavy atom. The second kappa shape index (κ2) is 5.45. The molecule has 7 nitrogen and oxygen atoms in total. The van der Waals surface area contributed by atoms with E-state index < -0.39 is 0 Å². The van der Waals surface area contributed by atoms with E-state index in [0.29, 0.717) is 28.5 Å². The highest BCUT2D eigenvalue weighted by Gasteiger charge is 2.25. The van der Waals surface area contributed by atoms with Crippen LogP contribution in [0, 0.1) is 0 Å². The van der Waals surface area contributed by atoms with Crippen LogP contribution in [0.4, 0.5) is 0 Å². The van der Waals surface area contributed by atoms with Crippen LogP contribution in [0.2, 0.25) is 0 Å². The van der Waals surface area contributed by atoms with Gasteiger partial charge >= 0.3 is 0 Å². The van der Waals surface area contributed by atoms with Gasteiger partial charge in [0.15, 0.2) is 5.16 Å². The first-order valence-electron chi connectivity index (χ1n) is 6.87. The van der Waals surface area contributed by atoms with Crippen LogP contribution < -0.4 is 5.56 Å². The van der Waals surface area contributed by atoms with Gasteiger partial charge in [0.2, 0.25) is 11.7 Å². The van der Waals surface area contributed by atoms with E-state index in [0.717, 1.165) is 24.1 Å². The lowest BCUT2D eigenvalue weighted by Gasteiger charge is -2.01. The summed E-state index contributed by atoms with van der Waals surface area (Å²) in [6, 6.07) is 3.34. The Bertz CT molecular complexity index is 836. The number of aromatic amines is 1. The molecular formula is C14H12N4O3S. The molecule has 0 aliphatic heterocycles. The summed E-state index contributed by atoms with van der Waals surface area (Å²) < 4.78 is 10.2. The van der Waals surface area contributed by atoms with Crippen molar-refractivity contribution < 1.29 is 8.94 Å². The molecule has 22 heavy (non-hydrogen) atoms. The summed E-state index contributed by atoms with van der Waals surface area (Å²) in [7, 11) is 0. The normalized spacial score (nSPS) is 14.4. The van der Waals surface area contributed by atoms with Gasteiger partial charge in [0.05, 0.1) is 23.3 Å².